The summed E-state index contributed by atoms with van der Waals surface area (Å²) in [4.78, 5) is 3.80. The van der Waals surface area contributed by atoms with Crippen LogP contribution in [0.4, 0.5) is 0 Å². The molecule has 4 rings (SSSR count). The van der Waals surface area contributed by atoms with Crippen LogP contribution < -0.4 is 4.74 Å². The fourth-order valence-electron chi connectivity index (χ4n) is 4.07. The number of hydrogen-bond acceptors (Lipinski definition) is 3. The van der Waals surface area contributed by atoms with Crippen molar-refractivity contribution in [3.8, 4) is 5.75 Å². The summed E-state index contributed by atoms with van der Waals surface area (Å²) in [6.45, 7) is 4.68. The van der Waals surface area contributed by atoms with E-state index >= 15 is 0 Å². The molecule has 0 amide bonds. The van der Waals surface area contributed by atoms with Crippen molar-refractivity contribution in [2.24, 2.45) is 0 Å². The molecule has 2 aliphatic rings. The predicted octanol–water partition coefficient (Wildman–Crippen LogP) is 5.20. The lowest BCUT2D eigenvalue weighted by molar-refractivity contribution is 0.312. The maximum atomic E-state index is 5.53. The van der Waals surface area contributed by atoms with Gasteiger partial charge in [0, 0.05) is 18.0 Å². The van der Waals surface area contributed by atoms with E-state index in [1.165, 1.54) is 21.6 Å². The number of benzene rings is 2. The first-order chi connectivity index (χ1) is 12.1. The third kappa shape index (κ3) is 2.90. The normalized spacial score (nSPS) is 23.6. The summed E-state index contributed by atoms with van der Waals surface area (Å²) in [5.41, 5.74) is 5.89. The monoisotopic (exact) mass is 351 g/mol. The Morgan fingerprint density at radius 2 is 1.76 bits per heavy atom. The van der Waals surface area contributed by atoms with Gasteiger partial charge >= 0.3 is 0 Å². The van der Waals surface area contributed by atoms with Gasteiger partial charge in [-0.2, -0.15) is 0 Å². The topological polar surface area (TPSA) is 12.5 Å². The van der Waals surface area contributed by atoms with Crippen molar-refractivity contribution in [1.29, 1.82) is 0 Å². The second-order valence-corrected chi connectivity index (χ2v) is 8.61. The molecule has 0 bridgehead atoms. The number of fused-ring (bicyclic) bond motifs is 1. The zero-order valence-electron chi connectivity index (χ0n) is 15.2. The molecule has 0 aromatic heterocycles. The van der Waals surface area contributed by atoms with Crippen LogP contribution in [0.5, 0.6) is 5.75 Å². The Morgan fingerprint density at radius 3 is 2.44 bits per heavy atom. The van der Waals surface area contributed by atoms with Crippen LogP contribution in [0.25, 0.3) is 5.57 Å². The molecule has 3 heteroatoms. The van der Waals surface area contributed by atoms with E-state index in [2.05, 4.69) is 67.4 Å². The van der Waals surface area contributed by atoms with E-state index in [0.29, 0.717) is 0 Å². The van der Waals surface area contributed by atoms with Crippen molar-refractivity contribution in [3.63, 3.8) is 0 Å². The fourth-order valence-corrected chi connectivity index (χ4v) is 5.53. The summed E-state index contributed by atoms with van der Waals surface area (Å²) in [7, 11) is 3.97. The smallest absolute Gasteiger partial charge is 0.119 e. The molecule has 0 radical (unpaired) electrons. The number of thioether (sulfide) groups is 1. The van der Waals surface area contributed by atoms with Crippen LogP contribution in [-0.4, -0.2) is 32.1 Å². The third-order valence-electron chi connectivity index (χ3n) is 5.52. The molecule has 1 saturated heterocycles. The van der Waals surface area contributed by atoms with Crippen LogP contribution in [0.3, 0.4) is 0 Å². The standard InChI is InChI=1S/C22H25NOS/c1-22(17-7-5-4-6-8-17)21(16-11-13-23(2)14-12-16)19-15-18(24-3)9-10-20(19)25-22/h4-10,15H,11-14H2,1-3H3. The minimum absolute atomic E-state index is 0.0266. The first kappa shape index (κ1) is 16.7. The lowest BCUT2D eigenvalue weighted by atomic mass is 9.82. The molecule has 0 saturated carbocycles. The van der Waals surface area contributed by atoms with Crippen molar-refractivity contribution >= 4 is 17.3 Å². The molecule has 25 heavy (non-hydrogen) atoms. The maximum absolute atomic E-state index is 5.53. The summed E-state index contributed by atoms with van der Waals surface area (Å²) >= 11 is 1.99. The molecule has 130 valence electrons. The van der Waals surface area contributed by atoms with Gasteiger partial charge in [-0.15, -0.1) is 11.8 Å². The SMILES string of the molecule is COc1ccc2c(c1)C(=C1CCN(C)CC1)C(C)(c1ccccc1)S2. The minimum atomic E-state index is -0.0266. The van der Waals surface area contributed by atoms with Gasteiger partial charge in [-0.3, -0.25) is 0 Å². The van der Waals surface area contributed by atoms with Gasteiger partial charge in [-0.05, 0) is 61.7 Å². The van der Waals surface area contributed by atoms with Crippen LogP contribution in [0, 0.1) is 0 Å². The highest BCUT2D eigenvalue weighted by molar-refractivity contribution is 8.01. The summed E-state index contributed by atoms with van der Waals surface area (Å²) < 4.78 is 5.50. The summed E-state index contributed by atoms with van der Waals surface area (Å²) in [6.07, 6.45) is 2.32. The highest BCUT2D eigenvalue weighted by Crippen LogP contribution is 2.60. The van der Waals surface area contributed by atoms with Crippen molar-refractivity contribution in [1.82, 2.24) is 4.90 Å². The summed E-state index contributed by atoms with van der Waals surface area (Å²) in [6, 6.07) is 17.5. The Bertz CT molecular complexity index is 804. The van der Waals surface area contributed by atoms with E-state index in [9.17, 15) is 0 Å². The van der Waals surface area contributed by atoms with Gasteiger partial charge in [-0.25, -0.2) is 0 Å². The zero-order valence-corrected chi connectivity index (χ0v) is 16.0. The molecule has 1 unspecified atom stereocenters. The van der Waals surface area contributed by atoms with Gasteiger partial charge in [0.05, 0.1) is 11.9 Å². The van der Waals surface area contributed by atoms with E-state index in [1.807, 2.05) is 11.8 Å². The highest BCUT2D eigenvalue weighted by atomic mass is 32.2. The number of nitrogens with zero attached hydrogens (tertiary/aromatic N) is 1. The molecule has 0 aliphatic carbocycles. The molecular formula is C22H25NOS. The van der Waals surface area contributed by atoms with Crippen molar-refractivity contribution in [3.05, 3.63) is 65.2 Å². The second kappa shape index (κ2) is 6.54. The van der Waals surface area contributed by atoms with Gasteiger partial charge in [0.15, 0.2) is 0 Å². The Morgan fingerprint density at radius 1 is 1.04 bits per heavy atom. The molecule has 2 heterocycles. The van der Waals surface area contributed by atoms with Crippen LogP contribution >= 0.6 is 11.8 Å². The fraction of sp³-hybridized carbons (Fsp3) is 0.364. The lowest BCUT2D eigenvalue weighted by Gasteiger charge is -2.32. The van der Waals surface area contributed by atoms with E-state index in [4.69, 9.17) is 4.74 Å². The first-order valence-corrected chi connectivity index (χ1v) is 9.77. The van der Waals surface area contributed by atoms with Crippen LogP contribution in [0.2, 0.25) is 0 Å². The van der Waals surface area contributed by atoms with Crippen LogP contribution in [0.1, 0.15) is 30.9 Å². The highest BCUT2D eigenvalue weighted by Gasteiger charge is 2.42. The number of ether oxygens (including phenoxy) is 1. The number of piperidine rings is 1. The second-order valence-electron chi connectivity index (χ2n) is 7.15. The number of likely N-dealkylation sites (tertiary alicyclic amines) is 1. The third-order valence-corrected chi connectivity index (χ3v) is 6.94. The Hall–Kier alpha value is -1.71. The molecule has 2 nitrogen and oxygen atoms in total. The average molecular weight is 352 g/mol. The van der Waals surface area contributed by atoms with E-state index < -0.39 is 0 Å². The Labute approximate surface area is 154 Å². The molecule has 2 aliphatic heterocycles. The first-order valence-electron chi connectivity index (χ1n) is 8.96. The molecular weight excluding hydrogens is 326 g/mol. The van der Waals surface area contributed by atoms with E-state index in [0.717, 1.165) is 31.7 Å². The van der Waals surface area contributed by atoms with Gasteiger partial charge in [0.25, 0.3) is 0 Å². The largest absolute Gasteiger partial charge is 0.497 e. The van der Waals surface area contributed by atoms with Crippen LogP contribution in [-0.2, 0) is 4.75 Å². The Balaban J connectivity index is 1.89. The number of hydrogen-bond donors (Lipinski definition) is 0. The molecule has 2 aromatic carbocycles. The summed E-state index contributed by atoms with van der Waals surface area (Å²) in [5, 5.41) is 0. The molecule has 2 aromatic rings. The predicted molar refractivity (Wildman–Crippen MR) is 106 cm³/mol. The van der Waals surface area contributed by atoms with Crippen molar-refractivity contribution in [2.45, 2.75) is 29.4 Å². The molecule has 1 atom stereocenters. The van der Waals surface area contributed by atoms with Crippen molar-refractivity contribution < 1.29 is 4.74 Å². The van der Waals surface area contributed by atoms with Crippen LogP contribution in [0.15, 0.2) is 59.0 Å². The molecule has 0 N–H and O–H groups in total. The number of rotatable bonds is 2. The van der Waals surface area contributed by atoms with E-state index in [1.54, 1.807) is 12.7 Å². The maximum Gasteiger partial charge on any atom is 0.119 e. The Kier molecular flexibility index (Phi) is 4.38. The molecule has 0 spiro atoms. The van der Waals surface area contributed by atoms with Gasteiger partial charge in [0.2, 0.25) is 0 Å². The van der Waals surface area contributed by atoms with Gasteiger partial charge in [-0.1, -0.05) is 35.9 Å². The minimum Gasteiger partial charge on any atom is -0.497 e. The van der Waals surface area contributed by atoms with Gasteiger partial charge in [0.1, 0.15) is 5.75 Å². The van der Waals surface area contributed by atoms with Crippen molar-refractivity contribution in [2.75, 3.05) is 27.2 Å². The number of methoxy groups -OCH3 is 1. The summed E-state index contributed by atoms with van der Waals surface area (Å²) in [5.74, 6) is 0.947. The zero-order chi connectivity index (χ0) is 17.4. The van der Waals surface area contributed by atoms with Gasteiger partial charge < -0.3 is 9.64 Å². The van der Waals surface area contributed by atoms with E-state index in [-0.39, 0.29) is 4.75 Å². The molecule has 1 fully saturated rings. The quantitative estimate of drug-likeness (QED) is 0.738. The average Bonchev–Trinajstić information content (AvgIpc) is 2.95. The lowest BCUT2D eigenvalue weighted by Crippen LogP contribution is -2.28.